The van der Waals surface area contributed by atoms with Crippen molar-refractivity contribution in [2.75, 3.05) is 5.32 Å². The Hall–Kier alpha value is -2.56. The first kappa shape index (κ1) is 17.8. The standard InChI is InChI=1S/C15H12Cl2N4O3/c1-2-20-7-9(6-18)14(23)21(15(20)24)8-13(22)19-10-3-4-11(16)12(17)5-10/h3-5,7H,2,8H2,1H3,(H,19,22). The Morgan fingerprint density at radius 3 is 2.58 bits per heavy atom. The van der Waals surface area contributed by atoms with E-state index in [-0.39, 0.29) is 17.1 Å². The summed E-state index contributed by atoms with van der Waals surface area (Å²) in [6.45, 7) is 1.43. The van der Waals surface area contributed by atoms with E-state index in [1.807, 2.05) is 0 Å². The van der Waals surface area contributed by atoms with Crippen molar-refractivity contribution >= 4 is 34.8 Å². The van der Waals surface area contributed by atoms with E-state index < -0.39 is 23.7 Å². The highest BCUT2D eigenvalue weighted by molar-refractivity contribution is 6.42. The average molecular weight is 367 g/mol. The van der Waals surface area contributed by atoms with E-state index in [0.29, 0.717) is 10.7 Å². The zero-order valence-electron chi connectivity index (χ0n) is 12.5. The Bertz CT molecular complexity index is 957. The molecule has 124 valence electrons. The SMILES string of the molecule is CCn1cc(C#N)c(=O)n(CC(=O)Nc2ccc(Cl)c(Cl)c2)c1=O. The van der Waals surface area contributed by atoms with Crippen LogP contribution < -0.4 is 16.6 Å². The number of nitrogens with one attached hydrogen (secondary N) is 1. The quantitative estimate of drug-likeness (QED) is 0.892. The number of halogens is 2. The smallest absolute Gasteiger partial charge is 0.324 e. The zero-order chi connectivity index (χ0) is 17.9. The molecule has 1 amide bonds. The highest BCUT2D eigenvalue weighted by Crippen LogP contribution is 2.24. The number of aromatic nitrogens is 2. The second-order valence-corrected chi connectivity index (χ2v) is 5.61. The average Bonchev–Trinajstić information content (AvgIpc) is 2.55. The summed E-state index contributed by atoms with van der Waals surface area (Å²) in [6.07, 6.45) is 1.18. The molecule has 0 bridgehead atoms. The molecule has 2 rings (SSSR count). The molecule has 0 fully saturated rings. The van der Waals surface area contributed by atoms with Crippen LogP contribution in [0.4, 0.5) is 5.69 Å². The summed E-state index contributed by atoms with van der Waals surface area (Å²) in [5.74, 6) is -0.606. The molecular formula is C15H12Cl2N4O3. The van der Waals surface area contributed by atoms with Crippen LogP contribution in [-0.2, 0) is 17.9 Å². The molecule has 0 saturated carbocycles. The van der Waals surface area contributed by atoms with Crippen molar-refractivity contribution in [1.82, 2.24) is 9.13 Å². The van der Waals surface area contributed by atoms with Gasteiger partial charge in [0, 0.05) is 18.4 Å². The fourth-order valence-corrected chi connectivity index (χ4v) is 2.31. The number of aryl methyl sites for hydroxylation is 1. The number of amides is 1. The Kier molecular flexibility index (Phi) is 5.44. The monoisotopic (exact) mass is 366 g/mol. The molecule has 0 radical (unpaired) electrons. The minimum atomic E-state index is -0.809. The lowest BCUT2D eigenvalue weighted by molar-refractivity contribution is -0.116. The molecule has 0 atom stereocenters. The number of hydrogen-bond donors (Lipinski definition) is 1. The van der Waals surface area contributed by atoms with Gasteiger partial charge in [0.25, 0.3) is 5.56 Å². The molecule has 0 saturated heterocycles. The molecule has 1 heterocycles. The molecule has 0 aliphatic carbocycles. The normalized spacial score (nSPS) is 10.2. The van der Waals surface area contributed by atoms with E-state index >= 15 is 0 Å². The fourth-order valence-electron chi connectivity index (χ4n) is 2.01. The molecule has 0 aliphatic rings. The molecule has 0 spiro atoms. The predicted octanol–water partition coefficient (Wildman–Crippen LogP) is 1.85. The van der Waals surface area contributed by atoms with Gasteiger partial charge in [0.1, 0.15) is 18.2 Å². The molecule has 7 nitrogen and oxygen atoms in total. The van der Waals surface area contributed by atoms with Crippen LogP contribution in [0.1, 0.15) is 12.5 Å². The third kappa shape index (κ3) is 3.67. The molecule has 1 N–H and O–H groups in total. The van der Waals surface area contributed by atoms with Crippen molar-refractivity contribution in [3.63, 3.8) is 0 Å². The Morgan fingerprint density at radius 1 is 1.29 bits per heavy atom. The first-order valence-electron chi connectivity index (χ1n) is 6.86. The van der Waals surface area contributed by atoms with Gasteiger partial charge in [-0.15, -0.1) is 0 Å². The number of carbonyl (C=O) groups is 1. The first-order chi connectivity index (χ1) is 11.4. The Balaban J connectivity index is 2.32. The summed E-state index contributed by atoms with van der Waals surface area (Å²) in [5, 5.41) is 12.1. The number of anilines is 1. The summed E-state index contributed by atoms with van der Waals surface area (Å²) >= 11 is 11.6. The van der Waals surface area contributed by atoms with Crippen LogP contribution in [0.5, 0.6) is 0 Å². The second-order valence-electron chi connectivity index (χ2n) is 4.79. The van der Waals surface area contributed by atoms with E-state index in [0.717, 1.165) is 4.57 Å². The van der Waals surface area contributed by atoms with Gasteiger partial charge in [0.15, 0.2) is 0 Å². The van der Waals surface area contributed by atoms with Crippen molar-refractivity contribution in [3.8, 4) is 6.07 Å². The van der Waals surface area contributed by atoms with Gasteiger partial charge in [-0.1, -0.05) is 23.2 Å². The largest absolute Gasteiger partial charge is 0.331 e. The van der Waals surface area contributed by atoms with E-state index in [4.69, 9.17) is 28.5 Å². The molecule has 1 aromatic carbocycles. The van der Waals surface area contributed by atoms with Crippen molar-refractivity contribution in [3.05, 3.63) is 60.8 Å². The molecule has 2 aromatic rings. The fraction of sp³-hybridized carbons (Fsp3) is 0.200. The molecular weight excluding hydrogens is 355 g/mol. The number of carbonyl (C=O) groups excluding carboxylic acids is 1. The lowest BCUT2D eigenvalue weighted by Gasteiger charge is -2.10. The highest BCUT2D eigenvalue weighted by atomic mass is 35.5. The summed E-state index contributed by atoms with van der Waals surface area (Å²) in [7, 11) is 0. The molecule has 1 aromatic heterocycles. The van der Waals surface area contributed by atoms with Gasteiger partial charge >= 0.3 is 5.69 Å². The minimum Gasteiger partial charge on any atom is -0.324 e. The van der Waals surface area contributed by atoms with E-state index in [1.165, 1.54) is 29.0 Å². The maximum Gasteiger partial charge on any atom is 0.331 e. The van der Waals surface area contributed by atoms with Crippen LogP contribution in [0.2, 0.25) is 10.0 Å². The van der Waals surface area contributed by atoms with Crippen LogP contribution in [0.25, 0.3) is 0 Å². The first-order valence-corrected chi connectivity index (χ1v) is 7.62. The Labute approximate surface area is 146 Å². The molecule has 9 heteroatoms. The number of nitrogens with zero attached hydrogens (tertiary/aromatic N) is 3. The van der Waals surface area contributed by atoms with Gasteiger partial charge in [-0.3, -0.25) is 14.2 Å². The number of benzene rings is 1. The number of rotatable bonds is 4. The summed E-state index contributed by atoms with van der Waals surface area (Å²) in [4.78, 5) is 36.4. The van der Waals surface area contributed by atoms with Crippen molar-refractivity contribution in [2.45, 2.75) is 20.0 Å². The van der Waals surface area contributed by atoms with Gasteiger partial charge in [0.2, 0.25) is 5.91 Å². The summed E-state index contributed by atoms with van der Waals surface area (Å²) < 4.78 is 1.90. The van der Waals surface area contributed by atoms with Crippen LogP contribution in [-0.4, -0.2) is 15.0 Å². The van der Waals surface area contributed by atoms with Crippen LogP contribution in [0.3, 0.4) is 0 Å². The summed E-state index contributed by atoms with van der Waals surface area (Å²) in [5.41, 5.74) is -1.31. The maximum atomic E-state index is 12.2. The van der Waals surface area contributed by atoms with Crippen LogP contribution in [0.15, 0.2) is 34.0 Å². The number of nitriles is 1. The van der Waals surface area contributed by atoms with E-state index in [1.54, 1.807) is 13.0 Å². The van der Waals surface area contributed by atoms with Crippen molar-refractivity contribution in [1.29, 1.82) is 5.26 Å². The van der Waals surface area contributed by atoms with Crippen molar-refractivity contribution < 1.29 is 4.79 Å². The van der Waals surface area contributed by atoms with Gasteiger partial charge in [0.05, 0.1) is 10.0 Å². The highest BCUT2D eigenvalue weighted by Gasteiger charge is 2.14. The minimum absolute atomic E-state index is 0.209. The third-order valence-electron chi connectivity index (χ3n) is 3.20. The molecule has 0 aliphatic heterocycles. The van der Waals surface area contributed by atoms with E-state index in [9.17, 15) is 14.4 Å². The van der Waals surface area contributed by atoms with E-state index in [2.05, 4.69) is 5.32 Å². The third-order valence-corrected chi connectivity index (χ3v) is 3.94. The second kappa shape index (κ2) is 7.34. The van der Waals surface area contributed by atoms with Crippen LogP contribution >= 0.6 is 23.2 Å². The van der Waals surface area contributed by atoms with Gasteiger partial charge in [-0.2, -0.15) is 5.26 Å². The maximum absolute atomic E-state index is 12.2. The molecule has 0 unspecified atom stereocenters. The summed E-state index contributed by atoms with van der Waals surface area (Å²) in [6, 6.07) is 6.20. The van der Waals surface area contributed by atoms with Crippen molar-refractivity contribution in [2.24, 2.45) is 0 Å². The number of hydrogen-bond acceptors (Lipinski definition) is 4. The van der Waals surface area contributed by atoms with Gasteiger partial charge in [-0.25, -0.2) is 9.36 Å². The Morgan fingerprint density at radius 2 is 2.00 bits per heavy atom. The topological polar surface area (TPSA) is 96.9 Å². The zero-order valence-corrected chi connectivity index (χ0v) is 14.1. The lowest BCUT2D eigenvalue weighted by atomic mass is 10.3. The lowest BCUT2D eigenvalue weighted by Crippen LogP contribution is -2.43. The molecule has 24 heavy (non-hydrogen) atoms. The van der Waals surface area contributed by atoms with Crippen LogP contribution in [0, 0.1) is 11.3 Å². The van der Waals surface area contributed by atoms with Gasteiger partial charge in [-0.05, 0) is 25.1 Å². The van der Waals surface area contributed by atoms with Gasteiger partial charge < -0.3 is 5.32 Å². The predicted molar refractivity (Wildman–Crippen MR) is 90.4 cm³/mol.